The monoisotopic (exact) mass is 330 g/mol. The Kier molecular flexibility index (Phi) is 3.85. The Morgan fingerprint density at radius 1 is 1.04 bits per heavy atom. The Labute approximate surface area is 145 Å². The summed E-state index contributed by atoms with van der Waals surface area (Å²) in [4.78, 5) is 13.5. The van der Waals surface area contributed by atoms with E-state index >= 15 is 0 Å². The van der Waals surface area contributed by atoms with Gasteiger partial charge in [-0.2, -0.15) is 5.10 Å². The van der Waals surface area contributed by atoms with Gasteiger partial charge in [0, 0.05) is 41.5 Å². The molecule has 4 aromatic rings. The molecule has 0 radical (unpaired) electrons. The third-order valence-corrected chi connectivity index (χ3v) is 4.10. The van der Waals surface area contributed by atoms with Gasteiger partial charge in [-0.1, -0.05) is 6.07 Å². The van der Waals surface area contributed by atoms with Crippen molar-refractivity contribution < 1.29 is 0 Å². The van der Waals surface area contributed by atoms with E-state index in [1.54, 1.807) is 6.20 Å². The third kappa shape index (κ3) is 3.06. The predicted octanol–water partition coefficient (Wildman–Crippen LogP) is 3.42. The Bertz CT molecular complexity index is 1040. The van der Waals surface area contributed by atoms with E-state index < -0.39 is 0 Å². The Hall–Kier alpha value is -3.28. The van der Waals surface area contributed by atoms with Crippen molar-refractivity contribution in [2.75, 3.05) is 5.32 Å². The first-order valence-electron chi connectivity index (χ1n) is 8.13. The van der Waals surface area contributed by atoms with Crippen LogP contribution in [0.5, 0.6) is 0 Å². The van der Waals surface area contributed by atoms with Crippen LogP contribution in [-0.2, 0) is 6.54 Å². The SMILES string of the molecule is Cc1ccc(-c2ccnc(NCc3cnn4ccccc34)n2)c(C)n1. The van der Waals surface area contributed by atoms with Gasteiger partial charge in [0.2, 0.25) is 5.95 Å². The Morgan fingerprint density at radius 3 is 2.84 bits per heavy atom. The van der Waals surface area contributed by atoms with Crippen LogP contribution in [0, 0.1) is 13.8 Å². The zero-order valence-corrected chi connectivity index (χ0v) is 14.1. The molecule has 0 saturated carbocycles. The lowest BCUT2D eigenvalue weighted by molar-refractivity contribution is 0.961. The summed E-state index contributed by atoms with van der Waals surface area (Å²) < 4.78 is 1.86. The summed E-state index contributed by atoms with van der Waals surface area (Å²) in [7, 11) is 0. The van der Waals surface area contributed by atoms with Gasteiger partial charge in [-0.05, 0) is 44.2 Å². The molecule has 4 heterocycles. The molecule has 0 aliphatic heterocycles. The van der Waals surface area contributed by atoms with Crippen molar-refractivity contribution in [3.05, 3.63) is 71.9 Å². The van der Waals surface area contributed by atoms with Gasteiger partial charge in [-0.25, -0.2) is 14.5 Å². The number of aryl methyl sites for hydroxylation is 2. The second kappa shape index (κ2) is 6.32. The van der Waals surface area contributed by atoms with Gasteiger partial charge in [-0.3, -0.25) is 4.98 Å². The molecule has 124 valence electrons. The van der Waals surface area contributed by atoms with Crippen LogP contribution in [-0.4, -0.2) is 24.6 Å². The van der Waals surface area contributed by atoms with Crippen LogP contribution in [0.3, 0.4) is 0 Å². The van der Waals surface area contributed by atoms with Crippen molar-refractivity contribution in [1.29, 1.82) is 0 Å². The van der Waals surface area contributed by atoms with Crippen molar-refractivity contribution in [1.82, 2.24) is 24.6 Å². The Balaban J connectivity index is 1.57. The lowest BCUT2D eigenvalue weighted by atomic mass is 10.1. The van der Waals surface area contributed by atoms with E-state index in [4.69, 9.17) is 0 Å². The number of nitrogens with one attached hydrogen (secondary N) is 1. The number of hydrogen-bond donors (Lipinski definition) is 1. The lowest BCUT2D eigenvalue weighted by Gasteiger charge is -2.08. The van der Waals surface area contributed by atoms with Gasteiger partial charge >= 0.3 is 0 Å². The number of anilines is 1. The maximum absolute atomic E-state index is 4.62. The van der Waals surface area contributed by atoms with Crippen LogP contribution < -0.4 is 5.32 Å². The molecule has 6 heteroatoms. The zero-order chi connectivity index (χ0) is 17.2. The highest BCUT2D eigenvalue weighted by Gasteiger charge is 2.08. The molecular formula is C19H18N6. The Morgan fingerprint density at radius 2 is 1.96 bits per heavy atom. The van der Waals surface area contributed by atoms with Crippen LogP contribution in [0.1, 0.15) is 17.0 Å². The predicted molar refractivity (Wildman–Crippen MR) is 97.3 cm³/mol. The standard InChI is InChI=1S/C19H18N6/c1-13-6-7-16(14(2)23-13)17-8-9-20-19(24-17)21-11-15-12-22-25-10-4-3-5-18(15)25/h3-10,12H,11H2,1-2H3,(H,20,21,24). The van der Waals surface area contributed by atoms with E-state index in [2.05, 4.69) is 31.4 Å². The summed E-state index contributed by atoms with van der Waals surface area (Å²) in [6.45, 7) is 4.60. The van der Waals surface area contributed by atoms with E-state index in [9.17, 15) is 0 Å². The molecule has 0 amide bonds. The molecule has 1 N–H and O–H groups in total. The second-order valence-corrected chi connectivity index (χ2v) is 5.90. The molecular weight excluding hydrogens is 312 g/mol. The molecule has 0 spiro atoms. The highest BCUT2D eigenvalue weighted by molar-refractivity contribution is 5.62. The molecule has 0 bridgehead atoms. The van der Waals surface area contributed by atoms with Gasteiger partial charge in [0.15, 0.2) is 0 Å². The average Bonchev–Trinajstić information content (AvgIpc) is 3.03. The van der Waals surface area contributed by atoms with Gasteiger partial charge in [0.05, 0.1) is 17.4 Å². The fourth-order valence-electron chi connectivity index (χ4n) is 2.85. The summed E-state index contributed by atoms with van der Waals surface area (Å²) in [5, 5.41) is 7.63. The van der Waals surface area contributed by atoms with E-state index in [0.29, 0.717) is 12.5 Å². The summed E-state index contributed by atoms with van der Waals surface area (Å²) in [5.74, 6) is 0.591. The van der Waals surface area contributed by atoms with Crippen LogP contribution in [0.25, 0.3) is 16.8 Å². The molecule has 0 aromatic carbocycles. The first kappa shape index (κ1) is 15.3. The second-order valence-electron chi connectivity index (χ2n) is 5.90. The number of rotatable bonds is 4. The molecule has 6 nitrogen and oxygen atoms in total. The van der Waals surface area contributed by atoms with Crippen LogP contribution in [0.2, 0.25) is 0 Å². The van der Waals surface area contributed by atoms with E-state index in [-0.39, 0.29) is 0 Å². The molecule has 0 fully saturated rings. The van der Waals surface area contributed by atoms with Gasteiger partial charge in [-0.15, -0.1) is 0 Å². The largest absolute Gasteiger partial charge is 0.350 e. The lowest BCUT2D eigenvalue weighted by Crippen LogP contribution is -2.04. The number of pyridine rings is 2. The summed E-state index contributed by atoms with van der Waals surface area (Å²) in [6, 6.07) is 12.0. The van der Waals surface area contributed by atoms with Crippen molar-refractivity contribution in [3.8, 4) is 11.3 Å². The maximum Gasteiger partial charge on any atom is 0.223 e. The molecule has 0 unspecified atom stereocenters. The van der Waals surface area contributed by atoms with E-state index in [1.807, 2.05) is 61.1 Å². The number of hydrogen-bond acceptors (Lipinski definition) is 5. The smallest absolute Gasteiger partial charge is 0.223 e. The minimum absolute atomic E-state index is 0.591. The molecule has 4 rings (SSSR count). The fourth-order valence-corrected chi connectivity index (χ4v) is 2.85. The third-order valence-electron chi connectivity index (χ3n) is 4.10. The van der Waals surface area contributed by atoms with Gasteiger partial charge in [0.1, 0.15) is 0 Å². The van der Waals surface area contributed by atoms with Crippen molar-refractivity contribution in [2.45, 2.75) is 20.4 Å². The first-order valence-corrected chi connectivity index (χ1v) is 8.13. The van der Waals surface area contributed by atoms with Crippen LogP contribution in [0.15, 0.2) is 55.0 Å². The molecule has 0 aliphatic rings. The maximum atomic E-state index is 4.62. The quantitative estimate of drug-likeness (QED) is 0.621. The van der Waals surface area contributed by atoms with Crippen LogP contribution >= 0.6 is 0 Å². The number of aromatic nitrogens is 5. The van der Waals surface area contributed by atoms with Crippen molar-refractivity contribution >= 4 is 11.5 Å². The topological polar surface area (TPSA) is 68.0 Å². The number of nitrogens with zero attached hydrogens (tertiary/aromatic N) is 5. The molecule has 0 saturated heterocycles. The normalized spacial score (nSPS) is 11.0. The zero-order valence-electron chi connectivity index (χ0n) is 14.1. The minimum Gasteiger partial charge on any atom is -0.350 e. The molecule has 25 heavy (non-hydrogen) atoms. The average molecular weight is 330 g/mol. The number of fused-ring (bicyclic) bond motifs is 1. The molecule has 0 aliphatic carbocycles. The molecule has 4 aromatic heterocycles. The van der Waals surface area contributed by atoms with Gasteiger partial charge in [0.25, 0.3) is 0 Å². The highest BCUT2D eigenvalue weighted by atomic mass is 15.2. The summed E-state index contributed by atoms with van der Waals surface area (Å²) in [6.07, 6.45) is 5.56. The van der Waals surface area contributed by atoms with Crippen LogP contribution in [0.4, 0.5) is 5.95 Å². The fraction of sp³-hybridized carbons (Fsp3) is 0.158. The summed E-state index contributed by atoms with van der Waals surface area (Å²) in [5.41, 5.74) is 6.02. The van der Waals surface area contributed by atoms with Crippen molar-refractivity contribution in [3.63, 3.8) is 0 Å². The minimum atomic E-state index is 0.591. The summed E-state index contributed by atoms with van der Waals surface area (Å²) >= 11 is 0. The first-order chi connectivity index (χ1) is 12.2. The molecule has 0 atom stereocenters. The van der Waals surface area contributed by atoms with Crippen molar-refractivity contribution in [2.24, 2.45) is 0 Å². The van der Waals surface area contributed by atoms with E-state index in [0.717, 1.165) is 33.7 Å². The van der Waals surface area contributed by atoms with Gasteiger partial charge < -0.3 is 5.32 Å². The highest BCUT2D eigenvalue weighted by Crippen LogP contribution is 2.21. The van der Waals surface area contributed by atoms with E-state index in [1.165, 1.54) is 0 Å².